The van der Waals surface area contributed by atoms with E-state index in [0.717, 1.165) is 11.8 Å². The third-order valence-electron chi connectivity index (χ3n) is 3.08. The Bertz CT molecular complexity index is 606. The summed E-state index contributed by atoms with van der Waals surface area (Å²) in [6.45, 7) is 1.41. The van der Waals surface area contributed by atoms with Gasteiger partial charge in [-0.1, -0.05) is 11.8 Å². The second kappa shape index (κ2) is 10.5. The van der Waals surface area contributed by atoms with E-state index < -0.39 is 23.9 Å². The van der Waals surface area contributed by atoms with Gasteiger partial charge in [-0.2, -0.15) is 0 Å². The Morgan fingerprint density at radius 1 is 1.28 bits per heavy atom. The van der Waals surface area contributed by atoms with Crippen molar-refractivity contribution in [1.29, 1.82) is 0 Å². The maximum absolute atomic E-state index is 12.4. The van der Waals surface area contributed by atoms with E-state index in [0.29, 0.717) is 5.69 Å². The molecule has 25 heavy (non-hydrogen) atoms. The van der Waals surface area contributed by atoms with Crippen LogP contribution >= 0.6 is 11.8 Å². The number of aromatic amines is 1. The quantitative estimate of drug-likeness (QED) is 0.318. The van der Waals surface area contributed by atoms with Gasteiger partial charge in [0, 0.05) is 44.0 Å². The second-order valence-corrected chi connectivity index (χ2v) is 6.25. The van der Waals surface area contributed by atoms with E-state index in [4.69, 9.17) is 11.5 Å². The van der Waals surface area contributed by atoms with Crippen molar-refractivity contribution >= 4 is 34.6 Å². The summed E-state index contributed by atoms with van der Waals surface area (Å²) < 4.78 is 0. The predicted molar refractivity (Wildman–Crippen MR) is 92.2 cm³/mol. The predicted octanol–water partition coefficient (Wildman–Crippen LogP) is -1.96. The molecule has 1 aromatic rings. The first kappa shape index (κ1) is 20.6. The smallest absolute Gasteiger partial charge is 0.240 e. The van der Waals surface area contributed by atoms with E-state index in [2.05, 4.69) is 20.6 Å². The fraction of sp³-hybridized carbons (Fsp3) is 0.500. The number of hydrogen-bond acceptors (Lipinski definition) is 7. The summed E-state index contributed by atoms with van der Waals surface area (Å²) in [5.41, 5.74) is 11.2. The molecule has 11 heteroatoms. The number of primary amides is 1. The van der Waals surface area contributed by atoms with Gasteiger partial charge >= 0.3 is 0 Å². The van der Waals surface area contributed by atoms with Gasteiger partial charge in [0.2, 0.25) is 22.8 Å². The third kappa shape index (κ3) is 7.81. The van der Waals surface area contributed by atoms with Crippen LogP contribution in [0.25, 0.3) is 0 Å². The summed E-state index contributed by atoms with van der Waals surface area (Å²) >= 11 is 0.810. The fourth-order valence-electron chi connectivity index (χ4n) is 1.91. The standard InChI is InChI=1S/C14H22N6O4S/c1-8(21)19-11(13(16)23)6-25-14(24)10(20-12(22)2-3-15)4-9-5-17-7-18-9/h5,7,10-11H,2-4,6,15H2,1H3,(H2,16,23)(H,17,18)(H,19,21)(H,20,22)/t10-,11?/m0/s1. The Balaban J connectivity index is 2.71. The van der Waals surface area contributed by atoms with Crippen molar-refractivity contribution in [3.63, 3.8) is 0 Å². The van der Waals surface area contributed by atoms with Crippen LogP contribution in [0.3, 0.4) is 0 Å². The topological polar surface area (TPSA) is 173 Å². The van der Waals surface area contributed by atoms with Crippen LogP contribution in [-0.4, -0.2) is 57.2 Å². The van der Waals surface area contributed by atoms with Gasteiger partial charge in [-0.15, -0.1) is 0 Å². The minimum absolute atomic E-state index is 0.0278. The lowest BCUT2D eigenvalue weighted by molar-refractivity contribution is -0.125. The van der Waals surface area contributed by atoms with Gasteiger partial charge in [0.25, 0.3) is 0 Å². The number of thioether (sulfide) groups is 1. The number of rotatable bonds is 10. The molecule has 1 aromatic heterocycles. The molecule has 1 rings (SSSR count). The van der Waals surface area contributed by atoms with Crippen LogP contribution in [0.2, 0.25) is 0 Å². The van der Waals surface area contributed by atoms with Gasteiger partial charge in [0.1, 0.15) is 12.1 Å². The summed E-state index contributed by atoms with van der Waals surface area (Å²) in [5.74, 6) is -1.55. The summed E-state index contributed by atoms with van der Waals surface area (Å²) in [7, 11) is 0. The average molecular weight is 370 g/mol. The van der Waals surface area contributed by atoms with E-state index in [1.165, 1.54) is 13.3 Å². The molecule has 0 aliphatic heterocycles. The van der Waals surface area contributed by atoms with Crippen LogP contribution in [0.15, 0.2) is 12.5 Å². The van der Waals surface area contributed by atoms with Crippen LogP contribution in [0.4, 0.5) is 0 Å². The van der Waals surface area contributed by atoms with Gasteiger partial charge in [0.05, 0.1) is 6.33 Å². The van der Waals surface area contributed by atoms with E-state index in [-0.39, 0.29) is 36.2 Å². The molecule has 1 unspecified atom stereocenters. The molecule has 0 aliphatic carbocycles. The molecule has 0 aromatic carbocycles. The number of carbonyl (C=O) groups excluding carboxylic acids is 4. The van der Waals surface area contributed by atoms with Gasteiger partial charge in [-0.3, -0.25) is 19.2 Å². The zero-order chi connectivity index (χ0) is 18.8. The number of imidazole rings is 1. The Labute approximate surface area is 148 Å². The van der Waals surface area contributed by atoms with Gasteiger partial charge in [-0.05, 0) is 0 Å². The van der Waals surface area contributed by atoms with Crippen molar-refractivity contribution in [1.82, 2.24) is 20.6 Å². The van der Waals surface area contributed by atoms with E-state index in [1.807, 2.05) is 0 Å². The van der Waals surface area contributed by atoms with Gasteiger partial charge in [0.15, 0.2) is 0 Å². The molecule has 0 saturated carbocycles. The largest absolute Gasteiger partial charge is 0.368 e. The van der Waals surface area contributed by atoms with Crippen molar-refractivity contribution in [3.8, 4) is 0 Å². The van der Waals surface area contributed by atoms with Crippen molar-refractivity contribution < 1.29 is 19.2 Å². The van der Waals surface area contributed by atoms with Crippen LogP contribution < -0.4 is 22.1 Å². The lowest BCUT2D eigenvalue weighted by Gasteiger charge is -2.18. The first-order valence-corrected chi connectivity index (χ1v) is 8.51. The molecule has 3 amide bonds. The maximum atomic E-state index is 12.4. The molecule has 138 valence electrons. The monoisotopic (exact) mass is 370 g/mol. The Morgan fingerprint density at radius 3 is 2.52 bits per heavy atom. The minimum Gasteiger partial charge on any atom is -0.368 e. The third-order valence-corrected chi connectivity index (χ3v) is 4.15. The Hall–Kier alpha value is -2.40. The van der Waals surface area contributed by atoms with Crippen LogP contribution in [0.1, 0.15) is 19.0 Å². The van der Waals surface area contributed by atoms with Crippen LogP contribution in [0, 0.1) is 0 Å². The SMILES string of the molecule is CC(=O)NC(CSC(=O)[C@H](Cc1cnc[nH]1)NC(=O)CCN)C(N)=O. The summed E-state index contributed by atoms with van der Waals surface area (Å²) in [6, 6.07) is -1.80. The zero-order valence-electron chi connectivity index (χ0n) is 13.8. The minimum atomic E-state index is -0.973. The van der Waals surface area contributed by atoms with E-state index >= 15 is 0 Å². The summed E-state index contributed by atoms with van der Waals surface area (Å²) in [4.78, 5) is 53.3. The van der Waals surface area contributed by atoms with Gasteiger partial charge in [-0.25, -0.2) is 4.98 Å². The van der Waals surface area contributed by atoms with Crippen molar-refractivity contribution in [2.75, 3.05) is 12.3 Å². The highest BCUT2D eigenvalue weighted by Crippen LogP contribution is 2.12. The zero-order valence-corrected chi connectivity index (χ0v) is 14.6. The van der Waals surface area contributed by atoms with Crippen LogP contribution in [-0.2, 0) is 25.6 Å². The lowest BCUT2D eigenvalue weighted by atomic mass is 10.2. The number of amides is 3. The normalized spacial score (nSPS) is 12.9. The van der Waals surface area contributed by atoms with Crippen LogP contribution in [0.5, 0.6) is 0 Å². The number of hydrogen-bond donors (Lipinski definition) is 5. The van der Waals surface area contributed by atoms with Crippen molar-refractivity contribution in [3.05, 3.63) is 18.2 Å². The van der Waals surface area contributed by atoms with E-state index in [9.17, 15) is 19.2 Å². The molecule has 0 aliphatic rings. The first-order chi connectivity index (χ1) is 11.8. The lowest BCUT2D eigenvalue weighted by Crippen LogP contribution is -2.46. The molecular weight excluding hydrogens is 348 g/mol. The first-order valence-electron chi connectivity index (χ1n) is 7.53. The molecule has 0 fully saturated rings. The molecule has 7 N–H and O–H groups in total. The van der Waals surface area contributed by atoms with Crippen molar-refractivity contribution in [2.45, 2.75) is 31.8 Å². The molecule has 0 bridgehead atoms. The number of nitrogens with zero attached hydrogens (tertiary/aromatic N) is 1. The average Bonchev–Trinajstić information content (AvgIpc) is 3.03. The van der Waals surface area contributed by atoms with E-state index in [1.54, 1.807) is 6.20 Å². The molecule has 10 nitrogen and oxygen atoms in total. The highest BCUT2D eigenvalue weighted by atomic mass is 32.2. The number of nitrogens with one attached hydrogen (secondary N) is 3. The Kier molecular flexibility index (Phi) is 8.64. The fourth-order valence-corrected chi connectivity index (χ4v) is 2.84. The molecule has 1 heterocycles. The molecule has 2 atom stereocenters. The molecule has 0 radical (unpaired) electrons. The molecule has 0 saturated heterocycles. The summed E-state index contributed by atoms with van der Waals surface area (Å²) in [5, 5.41) is 4.62. The molecular formula is C14H22N6O4S. The number of aromatic nitrogens is 2. The highest BCUT2D eigenvalue weighted by molar-refractivity contribution is 8.13. The molecule has 0 spiro atoms. The number of nitrogens with two attached hydrogens (primary N) is 2. The van der Waals surface area contributed by atoms with Gasteiger partial charge < -0.3 is 27.1 Å². The second-order valence-electron chi connectivity index (χ2n) is 5.23. The van der Waals surface area contributed by atoms with Crippen molar-refractivity contribution in [2.24, 2.45) is 11.5 Å². The Morgan fingerprint density at radius 2 is 2.00 bits per heavy atom. The number of H-pyrrole nitrogens is 1. The summed E-state index contributed by atoms with van der Waals surface area (Å²) in [6.07, 6.45) is 3.31. The number of carbonyl (C=O) groups is 4. The highest BCUT2D eigenvalue weighted by Gasteiger charge is 2.25. The maximum Gasteiger partial charge on any atom is 0.240 e.